The van der Waals surface area contributed by atoms with Gasteiger partial charge >= 0.3 is 6.18 Å². The number of hydrogen-bond acceptors (Lipinski definition) is 2. The van der Waals surface area contributed by atoms with Crippen molar-refractivity contribution < 1.29 is 22.7 Å². The molecule has 1 aromatic rings. The van der Waals surface area contributed by atoms with Gasteiger partial charge < -0.3 is 4.74 Å². The number of alkyl halides is 3. The van der Waals surface area contributed by atoms with Gasteiger partial charge in [-0.1, -0.05) is 22.0 Å². The van der Waals surface area contributed by atoms with Crippen molar-refractivity contribution in [3.8, 4) is 0 Å². The molecule has 1 aliphatic heterocycles. The summed E-state index contributed by atoms with van der Waals surface area (Å²) in [5.41, 5.74) is -0.742. The summed E-state index contributed by atoms with van der Waals surface area (Å²) in [6, 6.07) is 3.55. The highest BCUT2D eigenvalue weighted by molar-refractivity contribution is 9.10. The van der Waals surface area contributed by atoms with E-state index in [4.69, 9.17) is 4.74 Å². The zero-order chi connectivity index (χ0) is 13.3. The van der Waals surface area contributed by atoms with Gasteiger partial charge in [-0.05, 0) is 18.6 Å². The Morgan fingerprint density at radius 2 is 2.11 bits per heavy atom. The van der Waals surface area contributed by atoms with Gasteiger partial charge in [0.25, 0.3) is 0 Å². The van der Waals surface area contributed by atoms with Crippen LogP contribution in [0.3, 0.4) is 0 Å². The standard InChI is InChI=1S/C12H10BrF3O2/c13-10-2-1-7(5-9(10)12(14,15)16)11(17)8-3-4-18-6-8/h1-2,5,8H,3-4,6H2. The maximum absolute atomic E-state index is 12.7. The number of hydrogen-bond donors (Lipinski definition) is 0. The Hall–Kier alpha value is -0.880. The van der Waals surface area contributed by atoms with E-state index in [1.54, 1.807) is 0 Å². The molecule has 0 bridgehead atoms. The highest BCUT2D eigenvalue weighted by atomic mass is 79.9. The van der Waals surface area contributed by atoms with E-state index in [0.29, 0.717) is 13.0 Å². The van der Waals surface area contributed by atoms with Crippen molar-refractivity contribution >= 4 is 21.7 Å². The molecule has 0 radical (unpaired) electrons. The average molecular weight is 323 g/mol. The molecule has 0 aromatic heterocycles. The highest BCUT2D eigenvalue weighted by Crippen LogP contribution is 2.35. The molecule has 0 spiro atoms. The summed E-state index contributed by atoms with van der Waals surface area (Å²) in [5.74, 6) is -0.613. The first kappa shape index (κ1) is 13.5. The van der Waals surface area contributed by atoms with Crippen LogP contribution >= 0.6 is 15.9 Å². The number of ketones is 1. The van der Waals surface area contributed by atoms with Crippen LogP contribution in [0.2, 0.25) is 0 Å². The zero-order valence-electron chi connectivity index (χ0n) is 9.26. The third-order valence-corrected chi connectivity index (χ3v) is 3.55. The third kappa shape index (κ3) is 2.75. The molecule has 1 atom stereocenters. The first-order valence-corrected chi connectivity index (χ1v) is 6.17. The SMILES string of the molecule is O=C(c1ccc(Br)c(C(F)(F)F)c1)C1CCOC1. The van der Waals surface area contributed by atoms with E-state index in [2.05, 4.69) is 15.9 Å². The molecule has 0 N–H and O–H groups in total. The minimum atomic E-state index is -4.47. The Morgan fingerprint density at radius 1 is 1.39 bits per heavy atom. The van der Waals surface area contributed by atoms with Crippen molar-refractivity contribution in [3.05, 3.63) is 33.8 Å². The van der Waals surface area contributed by atoms with Crippen molar-refractivity contribution in [2.75, 3.05) is 13.2 Å². The summed E-state index contributed by atoms with van der Waals surface area (Å²) >= 11 is 2.84. The Balaban J connectivity index is 2.32. The number of halogens is 4. The minimum absolute atomic E-state index is 0.0609. The fourth-order valence-corrected chi connectivity index (χ4v) is 2.34. The molecule has 2 nitrogen and oxygen atoms in total. The van der Waals surface area contributed by atoms with Crippen LogP contribution in [0, 0.1) is 5.92 Å². The number of carbonyl (C=O) groups excluding carboxylic acids is 1. The third-order valence-electron chi connectivity index (χ3n) is 2.86. The molecule has 18 heavy (non-hydrogen) atoms. The molecule has 98 valence electrons. The first-order valence-electron chi connectivity index (χ1n) is 5.38. The van der Waals surface area contributed by atoms with Gasteiger partial charge in [0.05, 0.1) is 12.2 Å². The minimum Gasteiger partial charge on any atom is -0.381 e. The van der Waals surface area contributed by atoms with Crippen LogP contribution in [0.5, 0.6) is 0 Å². The van der Waals surface area contributed by atoms with E-state index in [9.17, 15) is 18.0 Å². The summed E-state index contributed by atoms with van der Waals surface area (Å²) in [4.78, 5) is 12.0. The first-order chi connectivity index (χ1) is 8.39. The number of benzene rings is 1. The lowest BCUT2D eigenvalue weighted by Gasteiger charge is -2.12. The van der Waals surface area contributed by atoms with E-state index in [-0.39, 0.29) is 28.3 Å². The van der Waals surface area contributed by atoms with Crippen molar-refractivity contribution in [1.29, 1.82) is 0 Å². The molecular formula is C12H10BrF3O2. The van der Waals surface area contributed by atoms with Gasteiger partial charge in [-0.2, -0.15) is 13.2 Å². The second-order valence-corrected chi connectivity index (χ2v) is 4.97. The molecule has 1 saturated heterocycles. The largest absolute Gasteiger partial charge is 0.417 e. The maximum Gasteiger partial charge on any atom is 0.417 e. The second-order valence-electron chi connectivity index (χ2n) is 4.12. The van der Waals surface area contributed by atoms with E-state index in [1.165, 1.54) is 12.1 Å². The fourth-order valence-electron chi connectivity index (χ4n) is 1.87. The maximum atomic E-state index is 12.7. The quantitative estimate of drug-likeness (QED) is 0.776. The van der Waals surface area contributed by atoms with Gasteiger partial charge in [-0.3, -0.25) is 4.79 Å². The van der Waals surface area contributed by atoms with Gasteiger partial charge in [0.15, 0.2) is 5.78 Å². The normalized spacial score (nSPS) is 20.1. The molecule has 0 saturated carbocycles. The summed E-state index contributed by atoms with van der Waals surface area (Å²) < 4.78 is 43.1. The Morgan fingerprint density at radius 3 is 2.67 bits per heavy atom. The molecule has 1 aromatic carbocycles. The summed E-state index contributed by atoms with van der Waals surface area (Å²) in [6.07, 6.45) is -3.91. The topological polar surface area (TPSA) is 26.3 Å². The molecule has 1 aliphatic rings. The molecule has 6 heteroatoms. The summed E-state index contributed by atoms with van der Waals surface area (Å²) in [7, 11) is 0. The average Bonchev–Trinajstić information content (AvgIpc) is 2.80. The van der Waals surface area contributed by atoms with Crippen LogP contribution in [-0.2, 0) is 10.9 Å². The van der Waals surface area contributed by atoms with Crippen molar-refractivity contribution in [2.24, 2.45) is 5.92 Å². The predicted molar refractivity (Wildman–Crippen MR) is 62.4 cm³/mol. The molecule has 0 aliphatic carbocycles. The Kier molecular flexibility index (Phi) is 3.77. The van der Waals surface area contributed by atoms with Gasteiger partial charge in [0, 0.05) is 22.6 Å². The number of carbonyl (C=O) groups is 1. The van der Waals surface area contributed by atoms with Gasteiger partial charge in [0.2, 0.25) is 0 Å². The van der Waals surface area contributed by atoms with Crippen LogP contribution in [0.4, 0.5) is 13.2 Å². The summed E-state index contributed by atoms with van der Waals surface area (Å²) in [5, 5.41) is 0. The van der Waals surface area contributed by atoms with Crippen LogP contribution in [-0.4, -0.2) is 19.0 Å². The van der Waals surface area contributed by atoms with Gasteiger partial charge in [0.1, 0.15) is 0 Å². The van der Waals surface area contributed by atoms with Crippen molar-refractivity contribution in [1.82, 2.24) is 0 Å². The fraction of sp³-hybridized carbons (Fsp3) is 0.417. The van der Waals surface area contributed by atoms with E-state index in [0.717, 1.165) is 6.07 Å². The molecule has 0 amide bonds. The van der Waals surface area contributed by atoms with Gasteiger partial charge in [-0.15, -0.1) is 0 Å². The molecule has 1 fully saturated rings. The van der Waals surface area contributed by atoms with E-state index >= 15 is 0 Å². The smallest absolute Gasteiger partial charge is 0.381 e. The van der Waals surface area contributed by atoms with E-state index in [1.807, 2.05) is 0 Å². The molecule has 2 rings (SSSR count). The monoisotopic (exact) mass is 322 g/mol. The zero-order valence-corrected chi connectivity index (χ0v) is 10.8. The number of ether oxygens (including phenoxy) is 1. The van der Waals surface area contributed by atoms with Crippen molar-refractivity contribution in [2.45, 2.75) is 12.6 Å². The number of rotatable bonds is 2. The highest BCUT2D eigenvalue weighted by Gasteiger charge is 2.34. The van der Waals surface area contributed by atoms with Crippen LogP contribution < -0.4 is 0 Å². The molecule has 1 unspecified atom stereocenters. The summed E-state index contributed by atoms with van der Waals surface area (Å²) in [6.45, 7) is 0.773. The lowest BCUT2D eigenvalue weighted by atomic mass is 9.96. The van der Waals surface area contributed by atoms with Crippen LogP contribution in [0.25, 0.3) is 0 Å². The van der Waals surface area contributed by atoms with Crippen LogP contribution in [0.15, 0.2) is 22.7 Å². The van der Waals surface area contributed by atoms with Crippen molar-refractivity contribution in [3.63, 3.8) is 0 Å². The second kappa shape index (κ2) is 5.01. The predicted octanol–water partition coefficient (Wildman–Crippen LogP) is 3.69. The lowest BCUT2D eigenvalue weighted by molar-refractivity contribution is -0.138. The lowest BCUT2D eigenvalue weighted by Crippen LogP contribution is -2.16. The van der Waals surface area contributed by atoms with E-state index < -0.39 is 11.7 Å². The van der Waals surface area contributed by atoms with Crippen LogP contribution in [0.1, 0.15) is 22.3 Å². The van der Waals surface area contributed by atoms with Gasteiger partial charge in [-0.25, -0.2) is 0 Å². The molecular weight excluding hydrogens is 313 g/mol. The Bertz CT molecular complexity index is 465. The number of Topliss-reactive ketones (excluding diaryl/α,β-unsaturated/α-hetero) is 1. The Labute approximate surface area is 110 Å². The molecule has 1 heterocycles.